The first-order valence-corrected chi connectivity index (χ1v) is 7.98. The van der Waals surface area contributed by atoms with E-state index in [2.05, 4.69) is 10.5 Å². The summed E-state index contributed by atoms with van der Waals surface area (Å²) in [6, 6.07) is 10.5. The average Bonchev–Trinajstić information content (AvgIpc) is 2.58. The van der Waals surface area contributed by atoms with E-state index in [1.54, 1.807) is 12.1 Å². The normalized spacial score (nSPS) is 10.7. The van der Waals surface area contributed by atoms with Crippen LogP contribution in [0, 0.1) is 13.8 Å². The topological polar surface area (TPSA) is 80.2 Å². The third kappa shape index (κ3) is 5.24. The zero-order valence-corrected chi connectivity index (χ0v) is 14.6. The Labute approximate surface area is 147 Å². The van der Waals surface area contributed by atoms with E-state index in [0.29, 0.717) is 23.7 Å². The Morgan fingerprint density at radius 3 is 2.76 bits per heavy atom. The van der Waals surface area contributed by atoms with Crippen LogP contribution in [-0.4, -0.2) is 30.4 Å². The molecular formula is C19H22N2O4. The first kappa shape index (κ1) is 18.3. The molecule has 1 amide bonds. The Kier molecular flexibility index (Phi) is 6.39. The number of nitrogens with zero attached hydrogens (tertiary/aromatic N) is 1. The summed E-state index contributed by atoms with van der Waals surface area (Å²) in [6.07, 6.45) is 1.36. The van der Waals surface area contributed by atoms with Gasteiger partial charge in [0.25, 0.3) is 5.91 Å². The molecule has 25 heavy (non-hydrogen) atoms. The Hall–Kier alpha value is -3.02. The van der Waals surface area contributed by atoms with Crippen LogP contribution in [0.25, 0.3) is 0 Å². The Morgan fingerprint density at radius 1 is 1.24 bits per heavy atom. The molecule has 2 rings (SSSR count). The van der Waals surface area contributed by atoms with E-state index in [1.807, 2.05) is 39.0 Å². The number of carbonyl (C=O) groups is 1. The molecule has 2 aromatic rings. The van der Waals surface area contributed by atoms with Crippen LogP contribution < -0.4 is 14.9 Å². The van der Waals surface area contributed by atoms with Crippen molar-refractivity contribution in [2.45, 2.75) is 20.8 Å². The number of aryl methyl sites for hydroxylation is 1. The molecule has 0 aromatic heterocycles. The van der Waals surface area contributed by atoms with Crippen molar-refractivity contribution >= 4 is 12.1 Å². The highest BCUT2D eigenvalue weighted by molar-refractivity contribution is 5.85. The highest BCUT2D eigenvalue weighted by Gasteiger charge is 2.06. The number of carbonyl (C=O) groups excluding carboxylic acids is 1. The van der Waals surface area contributed by atoms with Gasteiger partial charge < -0.3 is 14.6 Å². The second-order valence-electron chi connectivity index (χ2n) is 5.43. The molecule has 2 aromatic carbocycles. The average molecular weight is 342 g/mol. The number of phenols is 1. The van der Waals surface area contributed by atoms with E-state index in [9.17, 15) is 9.90 Å². The molecule has 6 heteroatoms. The molecule has 0 aliphatic carbocycles. The van der Waals surface area contributed by atoms with Crippen molar-refractivity contribution in [2.24, 2.45) is 5.10 Å². The summed E-state index contributed by atoms with van der Waals surface area (Å²) in [5, 5.41) is 13.7. The second-order valence-corrected chi connectivity index (χ2v) is 5.43. The third-order valence-corrected chi connectivity index (χ3v) is 3.62. The van der Waals surface area contributed by atoms with Gasteiger partial charge in [-0.15, -0.1) is 0 Å². The number of hydrazone groups is 1. The van der Waals surface area contributed by atoms with Crippen molar-refractivity contribution < 1.29 is 19.4 Å². The minimum atomic E-state index is -0.386. The second kappa shape index (κ2) is 8.73. The van der Waals surface area contributed by atoms with Crippen molar-refractivity contribution in [3.05, 3.63) is 53.1 Å². The van der Waals surface area contributed by atoms with Crippen LogP contribution >= 0.6 is 0 Å². The molecule has 0 spiro atoms. The van der Waals surface area contributed by atoms with Crippen LogP contribution in [0.4, 0.5) is 0 Å². The summed E-state index contributed by atoms with van der Waals surface area (Å²) in [7, 11) is 0. The van der Waals surface area contributed by atoms with E-state index in [-0.39, 0.29) is 18.3 Å². The maximum absolute atomic E-state index is 11.8. The minimum Gasteiger partial charge on any atom is -0.507 e. The van der Waals surface area contributed by atoms with Gasteiger partial charge in [0.05, 0.1) is 12.8 Å². The smallest absolute Gasteiger partial charge is 0.277 e. The molecule has 0 unspecified atom stereocenters. The summed E-state index contributed by atoms with van der Waals surface area (Å²) in [4.78, 5) is 11.8. The molecule has 0 aliphatic rings. The van der Waals surface area contributed by atoms with Gasteiger partial charge in [0, 0.05) is 11.6 Å². The van der Waals surface area contributed by atoms with Gasteiger partial charge >= 0.3 is 0 Å². The van der Waals surface area contributed by atoms with E-state index in [1.165, 1.54) is 12.3 Å². The monoisotopic (exact) mass is 342 g/mol. The molecular weight excluding hydrogens is 320 g/mol. The molecule has 0 bridgehead atoms. The lowest BCUT2D eigenvalue weighted by Gasteiger charge is -2.09. The van der Waals surface area contributed by atoms with Crippen LogP contribution in [0.15, 0.2) is 41.5 Å². The number of nitrogens with one attached hydrogen (secondary N) is 1. The summed E-state index contributed by atoms with van der Waals surface area (Å²) in [5.41, 5.74) is 4.93. The predicted octanol–water partition coefficient (Wildman–Crippen LogP) is 2.94. The number of rotatable bonds is 7. The van der Waals surface area contributed by atoms with Crippen LogP contribution in [-0.2, 0) is 4.79 Å². The Balaban J connectivity index is 1.87. The number of amides is 1. The van der Waals surface area contributed by atoms with Gasteiger partial charge in [-0.3, -0.25) is 4.79 Å². The zero-order valence-electron chi connectivity index (χ0n) is 14.6. The molecule has 0 atom stereocenters. The first-order valence-electron chi connectivity index (χ1n) is 7.98. The highest BCUT2D eigenvalue weighted by Crippen LogP contribution is 2.22. The van der Waals surface area contributed by atoms with Crippen molar-refractivity contribution in [3.63, 3.8) is 0 Å². The van der Waals surface area contributed by atoms with Crippen molar-refractivity contribution in [3.8, 4) is 17.2 Å². The number of phenolic OH excluding ortho intramolecular Hbond substituents is 1. The number of aromatic hydroxyl groups is 1. The SMILES string of the molecule is CCOc1ccc(/C=N\NC(=O)COc2cccc(C)c2C)c(O)c1. The third-order valence-electron chi connectivity index (χ3n) is 3.62. The fraction of sp³-hybridized carbons (Fsp3) is 0.263. The lowest BCUT2D eigenvalue weighted by molar-refractivity contribution is -0.123. The van der Waals surface area contributed by atoms with Crippen molar-refractivity contribution in [2.75, 3.05) is 13.2 Å². The molecule has 0 saturated carbocycles. The maximum Gasteiger partial charge on any atom is 0.277 e. The Morgan fingerprint density at radius 2 is 2.04 bits per heavy atom. The lowest BCUT2D eigenvalue weighted by atomic mass is 10.1. The lowest BCUT2D eigenvalue weighted by Crippen LogP contribution is -2.24. The standard InChI is InChI=1S/C19H22N2O4/c1-4-24-16-9-8-15(17(22)10-16)11-20-21-19(23)12-25-18-7-5-6-13(2)14(18)3/h5-11,22H,4,12H2,1-3H3,(H,21,23)/b20-11-. The van der Waals surface area contributed by atoms with E-state index < -0.39 is 0 Å². The minimum absolute atomic E-state index is 0.0237. The van der Waals surface area contributed by atoms with E-state index >= 15 is 0 Å². The quantitative estimate of drug-likeness (QED) is 0.599. The van der Waals surface area contributed by atoms with Crippen LogP contribution in [0.3, 0.4) is 0 Å². The van der Waals surface area contributed by atoms with Gasteiger partial charge in [0.1, 0.15) is 17.2 Å². The van der Waals surface area contributed by atoms with Gasteiger partial charge in [-0.2, -0.15) is 5.10 Å². The largest absolute Gasteiger partial charge is 0.507 e. The first-order chi connectivity index (χ1) is 12.0. The highest BCUT2D eigenvalue weighted by atomic mass is 16.5. The van der Waals surface area contributed by atoms with Crippen LogP contribution in [0.5, 0.6) is 17.2 Å². The Bertz CT molecular complexity index is 772. The molecule has 132 valence electrons. The van der Waals surface area contributed by atoms with E-state index in [0.717, 1.165) is 11.1 Å². The van der Waals surface area contributed by atoms with Crippen molar-refractivity contribution in [1.82, 2.24) is 5.43 Å². The fourth-order valence-corrected chi connectivity index (χ4v) is 2.12. The molecule has 0 fully saturated rings. The van der Waals surface area contributed by atoms with Crippen LogP contribution in [0.2, 0.25) is 0 Å². The maximum atomic E-state index is 11.8. The molecule has 0 radical (unpaired) electrons. The molecule has 2 N–H and O–H groups in total. The van der Waals surface area contributed by atoms with Gasteiger partial charge in [-0.1, -0.05) is 12.1 Å². The summed E-state index contributed by atoms with van der Waals surface area (Å²) in [6.45, 7) is 6.16. The predicted molar refractivity (Wildman–Crippen MR) is 96.4 cm³/mol. The molecule has 0 saturated heterocycles. The van der Waals surface area contributed by atoms with Gasteiger partial charge in [-0.05, 0) is 50.1 Å². The van der Waals surface area contributed by atoms with Gasteiger partial charge in [-0.25, -0.2) is 5.43 Å². The van der Waals surface area contributed by atoms with Crippen molar-refractivity contribution in [1.29, 1.82) is 0 Å². The van der Waals surface area contributed by atoms with Gasteiger partial charge in [0.2, 0.25) is 0 Å². The molecule has 0 aliphatic heterocycles. The summed E-state index contributed by atoms with van der Waals surface area (Å²) >= 11 is 0. The number of hydrogen-bond acceptors (Lipinski definition) is 5. The number of ether oxygens (including phenoxy) is 2. The van der Waals surface area contributed by atoms with E-state index in [4.69, 9.17) is 9.47 Å². The number of hydrogen-bond donors (Lipinski definition) is 2. The fourth-order valence-electron chi connectivity index (χ4n) is 2.12. The number of benzene rings is 2. The summed E-state index contributed by atoms with van der Waals surface area (Å²) in [5.74, 6) is 0.879. The molecule has 0 heterocycles. The zero-order chi connectivity index (χ0) is 18.2. The summed E-state index contributed by atoms with van der Waals surface area (Å²) < 4.78 is 10.8. The van der Waals surface area contributed by atoms with Gasteiger partial charge in [0.15, 0.2) is 6.61 Å². The molecule has 6 nitrogen and oxygen atoms in total. The van der Waals surface area contributed by atoms with Crippen LogP contribution in [0.1, 0.15) is 23.6 Å².